The van der Waals surface area contributed by atoms with Gasteiger partial charge < -0.3 is 10.3 Å². The van der Waals surface area contributed by atoms with E-state index in [0.717, 1.165) is 16.6 Å². The number of carbonyl (C=O) groups excluding carboxylic acids is 1. The molecule has 0 saturated carbocycles. The summed E-state index contributed by atoms with van der Waals surface area (Å²) in [6.07, 6.45) is 1.49. The second-order valence-electron chi connectivity index (χ2n) is 7.61. The fourth-order valence-electron chi connectivity index (χ4n) is 3.87. The van der Waals surface area contributed by atoms with E-state index in [1.165, 1.54) is 4.31 Å². The number of para-hydroxylation sites is 2. The van der Waals surface area contributed by atoms with Gasteiger partial charge in [-0.3, -0.25) is 4.79 Å². The first-order valence-corrected chi connectivity index (χ1v) is 11.5. The number of nitrogens with one attached hydrogen (secondary N) is 2. The van der Waals surface area contributed by atoms with Crippen molar-refractivity contribution in [2.24, 2.45) is 11.1 Å². The summed E-state index contributed by atoms with van der Waals surface area (Å²) in [6.45, 7) is 0.510. The molecule has 3 aromatic rings. The number of H-pyrrole nitrogens is 1. The molecule has 1 aliphatic heterocycles. The van der Waals surface area contributed by atoms with Crippen LogP contribution in [0.4, 0.5) is 0 Å². The van der Waals surface area contributed by atoms with Gasteiger partial charge in [-0.25, -0.2) is 10.1 Å². The van der Waals surface area contributed by atoms with E-state index in [-0.39, 0.29) is 31.0 Å². The van der Waals surface area contributed by atoms with Crippen molar-refractivity contribution in [1.29, 1.82) is 0 Å². The Balaban J connectivity index is 1.52. The van der Waals surface area contributed by atoms with Crippen LogP contribution in [0, 0.1) is 5.92 Å². The van der Waals surface area contributed by atoms with Crippen LogP contribution in [0.1, 0.15) is 30.3 Å². The van der Waals surface area contributed by atoms with Gasteiger partial charge in [0, 0.05) is 19.0 Å². The zero-order chi connectivity index (χ0) is 21.1. The highest BCUT2D eigenvalue weighted by Crippen LogP contribution is 2.23. The van der Waals surface area contributed by atoms with Crippen molar-refractivity contribution in [3.8, 4) is 0 Å². The van der Waals surface area contributed by atoms with Crippen molar-refractivity contribution in [3.05, 3.63) is 66.0 Å². The topological polar surface area (TPSA) is 121 Å². The maximum Gasteiger partial charge on any atom is 0.276 e. The predicted octanol–water partition coefficient (Wildman–Crippen LogP) is 1.88. The van der Waals surface area contributed by atoms with Crippen LogP contribution < -0.4 is 10.5 Å². The first-order valence-electron chi connectivity index (χ1n) is 9.97. The third kappa shape index (κ3) is 4.69. The summed E-state index contributed by atoms with van der Waals surface area (Å²) < 4.78 is 24.2. The quantitative estimate of drug-likeness (QED) is 0.556. The maximum absolute atomic E-state index is 13.0. The van der Waals surface area contributed by atoms with E-state index in [1.807, 2.05) is 54.6 Å². The van der Waals surface area contributed by atoms with Crippen LogP contribution in [0.3, 0.4) is 0 Å². The number of carbonyl (C=O) groups is 1. The van der Waals surface area contributed by atoms with Crippen molar-refractivity contribution in [2.45, 2.75) is 25.3 Å². The van der Waals surface area contributed by atoms with Gasteiger partial charge in [0.25, 0.3) is 10.2 Å². The molecule has 1 fully saturated rings. The molecule has 1 unspecified atom stereocenters. The molecule has 0 bridgehead atoms. The minimum atomic E-state index is -3.71. The highest BCUT2D eigenvalue weighted by Gasteiger charge is 2.31. The van der Waals surface area contributed by atoms with Gasteiger partial charge in [-0.05, 0) is 37.0 Å². The molecule has 1 aliphatic rings. The lowest BCUT2D eigenvalue weighted by molar-refractivity contribution is -0.127. The van der Waals surface area contributed by atoms with Gasteiger partial charge in [0.05, 0.1) is 17.1 Å². The zero-order valence-electron chi connectivity index (χ0n) is 16.5. The Bertz CT molecular complexity index is 1090. The molecule has 2 aromatic carbocycles. The molecule has 1 atom stereocenters. The van der Waals surface area contributed by atoms with E-state index in [9.17, 15) is 13.2 Å². The van der Waals surface area contributed by atoms with Crippen LogP contribution in [-0.2, 0) is 21.4 Å². The molecule has 0 aliphatic carbocycles. The van der Waals surface area contributed by atoms with Crippen molar-refractivity contribution < 1.29 is 13.2 Å². The third-order valence-electron chi connectivity index (χ3n) is 5.52. The molecular weight excluding hydrogens is 402 g/mol. The Morgan fingerprint density at radius 2 is 1.80 bits per heavy atom. The Morgan fingerprint density at radius 3 is 2.47 bits per heavy atom. The van der Waals surface area contributed by atoms with Gasteiger partial charge in [0.2, 0.25) is 5.91 Å². The Morgan fingerprint density at radius 1 is 1.13 bits per heavy atom. The number of amides is 1. The summed E-state index contributed by atoms with van der Waals surface area (Å²) in [7, 11) is -3.71. The SMILES string of the molecule is NS(=O)(=O)N1CCC(C(=O)NC(Cc2ccccc2)c2nc3ccccc3[nH]2)CC1. The standard InChI is InChI=1S/C21H25N5O3S/c22-30(28,29)26-12-10-16(11-13-26)21(27)25-19(14-15-6-2-1-3-7-15)20-23-17-8-4-5-9-18(17)24-20/h1-9,16,19H,10-14H2,(H,23,24)(H,25,27)(H2,22,28,29). The lowest BCUT2D eigenvalue weighted by atomic mass is 9.96. The van der Waals surface area contributed by atoms with Crippen molar-refractivity contribution >= 4 is 27.1 Å². The first kappa shape index (κ1) is 20.5. The molecule has 1 saturated heterocycles. The number of aromatic nitrogens is 2. The van der Waals surface area contributed by atoms with E-state index in [1.54, 1.807) is 0 Å². The number of imidazole rings is 1. The second-order valence-corrected chi connectivity index (χ2v) is 9.15. The molecule has 2 heterocycles. The zero-order valence-corrected chi connectivity index (χ0v) is 17.3. The Hall–Kier alpha value is -2.75. The van der Waals surface area contributed by atoms with Gasteiger partial charge in [-0.1, -0.05) is 42.5 Å². The normalized spacial score (nSPS) is 17.1. The average Bonchev–Trinajstić information content (AvgIpc) is 3.18. The van der Waals surface area contributed by atoms with Crippen LogP contribution >= 0.6 is 0 Å². The van der Waals surface area contributed by atoms with Crippen LogP contribution in [0.15, 0.2) is 54.6 Å². The summed E-state index contributed by atoms with van der Waals surface area (Å²) in [6, 6.07) is 17.4. The van der Waals surface area contributed by atoms with Crippen molar-refractivity contribution in [3.63, 3.8) is 0 Å². The molecule has 8 nitrogen and oxygen atoms in total. The molecule has 0 radical (unpaired) electrons. The number of nitrogens with two attached hydrogens (primary N) is 1. The fourth-order valence-corrected chi connectivity index (χ4v) is 4.59. The van der Waals surface area contributed by atoms with Crippen LogP contribution in [0.25, 0.3) is 11.0 Å². The summed E-state index contributed by atoms with van der Waals surface area (Å²) >= 11 is 0. The maximum atomic E-state index is 13.0. The van der Waals surface area contributed by atoms with E-state index in [0.29, 0.717) is 25.1 Å². The highest BCUT2D eigenvalue weighted by molar-refractivity contribution is 7.86. The predicted molar refractivity (Wildman–Crippen MR) is 115 cm³/mol. The molecule has 4 rings (SSSR count). The molecule has 158 valence electrons. The number of nitrogens with zero attached hydrogens (tertiary/aromatic N) is 2. The van der Waals surface area contributed by atoms with Gasteiger partial charge in [0.1, 0.15) is 5.82 Å². The summed E-state index contributed by atoms with van der Waals surface area (Å²) in [4.78, 5) is 21.0. The van der Waals surface area contributed by atoms with E-state index < -0.39 is 10.2 Å². The molecule has 30 heavy (non-hydrogen) atoms. The van der Waals surface area contributed by atoms with Crippen LogP contribution in [0.2, 0.25) is 0 Å². The highest BCUT2D eigenvalue weighted by atomic mass is 32.2. The summed E-state index contributed by atoms with van der Waals surface area (Å²) in [5.41, 5.74) is 2.86. The minimum absolute atomic E-state index is 0.0922. The van der Waals surface area contributed by atoms with Gasteiger partial charge in [-0.15, -0.1) is 0 Å². The lowest BCUT2D eigenvalue weighted by Crippen LogP contribution is -2.46. The van der Waals surface area contributed by atoms with Crippen molar-refractivity contribution in [1.82, 2.24) is 19.6 Å². The Kier molecular flexibility index (Phi) is 5.85. The van der Waals surface area contributed by atoms with Crippen LogP contribution in [-0.4, -0.2) is 41.7 Å². The number of fused-ring (bicyclic) bond motifs is 1. The molecule has 9 heteroatoms. The van der Waals surface area contributed by atoms with E-state index >= 15 is 0 Å². The van der Waals surface area contributed by atoms with Crippen molar-refractivity contribution in [2.75, 3.05) is 13.1 Å². The largest absolute Gasteiger partial charge is 0.346 e. The number of rotatable bonds is 6. The first-order chi connectivity index (χ1) is 14.4. The van der Waals surface area contributed by atoms with Crippen LogP contribution in [0.5, 0.6) is 0 Å². The molecule has 0 spiro atoms. The summed E-state index contributed by atoms with van der Waals surface area (Å²) in [5, 5.41) is 8.33. The van der Waals surface area contributed by atoms with Gasteiger partial charge >= 0.3 is 0 Å². The smallest absolute Gasteiger partial charge is 0.276 e. The number of aromatic amines is 1. The fraction of sp³-hybridized carbons (Fsp3) is 0.333. The molecule has 1 amide bonds. The number of benzene rings is 2. The summed E-state index contributed by atoms with van der Waals surface area (Å²) in [5.74, 6) is 0.353. The monoisotopic (exact) mass is 427 g/mol. The van der Waals surface area contributed by atoms with Gasteiger partial charge in [-0.2, -0.15) is 12.7 Å². The molecular formula is C21H25N5O3S. The van der Waals surface area contributed by atoms with E-state index in [2.05, 4.69) is 15.3 Å². The average molecular weight is 428 g/mol. The van der Waals surface area contributed by atoms with Gasteiger partial charge in [0.15, 0.2) is 0 Å². The molecule has 1 aromatic heterocycles. The van der Waals surface area contributed by atoms with E-state index in [4.69, 9.17) is 5.14 Å². The Labute approximate surface area is 175 Å². The number of hydrogen-bond acceptors (Lipinski definition) is 4. The lowest BCUT2D eigenvalue weighted by Gasteiger charge is -2.30. The molecule has 4 N–H and O–H groups in total. The second kappa shape index (κ2) is 8.55. The number of hydrogen-bond donors (Lipinski definition) is 3. The minimum Gasteiger partial charge on any atom is -0.346 e. The third-order valence-corrected chi connectivity index (χ3v) is 6.61. The number of piperidine rings is 1.